The maximum atomic E-state index is 13.0. The van der Waals surface area contributed by atoms with Crippen molar-refractivity contribution < 1.29 is 9.53 Å². The van der Waals surface area contributed by atoms with Crippen molar-refractivity contribution >= 4 is 23.5 Å². The van der Waals surface area contributed by atoms with Crippen LogP contribution < -0.4 is 10.1 Å². The Morgan fingerprint density at radius 3 is 2.46 bits per heavy atom. The molecule has 0 saturated carbocycles. The van der Waals surface area contributed by atoms with E-state index in [1.54, 1.807) is 7.11 Å². The van der Waals surface area contributed by atoms with E-state index in [0.29, 0.717) is 23.1 Å². The minimum absolute atomic E-state index is 0.129. The second-order valence-electron chi connectivity index (χ2n) is 8.02. The molecule has 178 valence electrons. The minimum atomic E-state index is -0.231. The lowest BCUT2D eigenvalue weighted by atomic mass is 10.2. The third-order valence-electron chi connectivity index (χ3n) is 5.83. The van der Waals surface area contributed by atoms with Crippen LogP contribution in [0.5, 0.6) is 5.75 Å². The quantitative estimate of drug-likeness (QED) is 0.364. The van der Waals surface area contributed by atoms with E-state index in [0.717, 1.165) is 34.1 Å². The number of ether oxygens (including phenoxy) is 1. The summed E-state index contributed by atoms with van der Waals surface area (Å²) in [6.45, 7) is 6.33. The number of hydrogen-bond donors (Lipinski definition) is 1. The van der Waals surface area contributed by atoms with E-state index in [4.69, 9.17) is 4.74 Å². The molecular weight excluding hydrogens is 460 g/mol. The van der Waals surface area contributed by atoms with Crippen LogP contribution in [0, 0.1) is 32.1 Å². The third kappa shape index (κ3) is 5.08. The lowest BCUT2D eigenvalue weighted by molar-refractivity contribution is -0.113. The van der Waals surface area contributed by atoms with Gasteiger partial charge >= 0.3 is 0 Å². The number of hydrogen-bond acceptors (Lipinski definition) is 6. The fourth-order valence-electron chi connectivity index (χ4n) is 3.83. The summed E-state index contributed by atoms with van der Waals surface area (Å²) < 4.78 is 9.13. The summed E-state index contributed by atoms with van der Waals surface area (Å²) >= 11 is 1.31. The van der Waals surface area contributed by atoms with Gasteiger partial charge in [-0.3, -0.25) is 9.36 Å². The van der Waals surface area contributed by atoms with E-state index in [9.17, 15) is 10.1 Å². The van der Waals surface area contributed by atoms with E-state index >= 15 is 0 Å². The van der Waals surface area contributed by atoms with Crippen molar-refractivity contribution in [2.45, 2.75) is 32.5 Å². The maximum absolute atomic E-state index is 13.0. The van der Waals surface area contributed by atoms with Crippen LogP contribution in [0.2, 0.25) is 0 Å². The molecule has 1 amide bonds. The topological polar surface area (TPSA) is 97.8 Å². The van der Waals surface area contributed by atoms with Crippen LogP contribution in [-0.4, -0.2) is 38.1 Å². The van der Waals surface area contributed by atoms with Gasteiger partial charge in [-0.1, -0.05) is 42.1 Å². The van der Waals surface area contributed by atoms with E-state index in [-0.39, 0.29) is 11.7 Å². The van der Waals surface area contributed by atoms with Crippen molar-refractivity contribution in [1.29, 1.82) is 5.26 Å². The molecule has 4 rings (SSSR count). The monoisotopic (exact) mass is 486 g/mol. The standard InChI is InChI=1S/C26H26N6O2S/c1-17-18(2)32(21-10-12-22(34-4)13-11-21)25(23(17)14-27)28-24(33)16-35-26-30-29-19(3)31(26)15-20-8-6-5-7-9-20/h5-13H,15-16H2,1-4H3,(H,28,33). The molecule has 0 saturated heterocycles. The maximum Gasteiger partial charge on any atom is 0.236 e. The molecule has 0 fully saturated rings. The molecule has 0 radical (unpaired) electrons. The fraction of sp³-hybridized carbons (Fsp3) is 0.231. The van der Waals surface area contributed by atoms with Crippen molar-refractivity contribution in [2.24, 2.45) is 0 Å². The molecule has 0 aliphatic rings. The Kier molecular flexibility index (Phi) is 7.22. The summed E-state index contributed by atoms with van der Waals surface area (Å²) in [6, 6.07) is 19.8. The number of aryl methyl sites for hydroxylation is 1. The van der Waals surface area contributed by atoms with Crippen LogP contribution in [0.4, 0.5) is 5.82 Å². The zero-order valence-corrected chi connectivity index (χ0v) is 20.9. The van der Waals surface area contributed by atoms with Gasteiger partial charge < -0.3 is 14.6 Å². The lowest BCUT2D eigenvalue weighted by Crippen LogP contribution is -2.18. The zero-order chi connectivity index (χ0) is 24.9. The number of anilines is 1. The first-order valence-electron chi connectivity index (χ1n) is 11.1. The summed E-state index contributed by atoms with van der Waals surface area (Å²) in [6.07, 6.45) is 0. The predicted molar refractivity (Wildman–Crippen MR) is 136 cm³/mol. The molecule has 0 spiro atoms. The van der Waals surface area contributed by atoms with Crippen LogP contribution in [0.15, 0.2) is 59.8 Å². The number of amides is 1. The zero-order valence-electron chi connectivity index (χ0n) is 20.1. The Bertz CT molecular complexity index is 1380. The number of nitrogens with zero attached hydrogens (tertiary/aromatic N) is 5. The Hall–Kier alpha value is -4.03. The normalized spacial score (nSPS) is 10.7. The molecule has 0 aliphatic heterocycles. The second-order valence-corrected chi connectivity index (χ2v) is 8.96. The number of methoxy groups -OCH3 is 1. The second kappa shape index (κ2) is 10.5. The Morgan fingerprint density at radius 2 is 1.80 bits per heavy atom. The molecule has 8 nitrogen and oxygen atoms in total. The van der Waals surface area contributed by atoms with Crippen molar-refractivity contribution in [3.8, 4) is 17.5 Å². The van der Waals surface area contributed by atoms with Crippen molar-refractivity contribution in [2.75, 3.05) is 18.2 Å². The molecule has 1 N–H and O–H groups in total. The first kappa shape index (κ1) is 24.1. The van der Waals surface area contributed by atoms with Gasteiger partial charge in [0.25, 0.3) is 0 Å². The van der Waals surface area contributed by atoms with Gasteiger partial charge in [0.2, 0.25) is 5.91 Å². The van der Waals surface area contributed by atoms with Crippen LogP contribution in [0.25, 0.3) is 5.69 Å². The van der Waals surface area contributed by atoms with E-state index in [1.165, 1.54) is 11.8 Å². The highest BCUT2D eigenvalue weighted by molar-refractivity contribution is 7.99. The largest absolute Gasteiger partial charge is 0.497 e. The van der Waals surface area contributed by atoms with E-state index in [1.807, 2.05) is 84.5 Å². The SMILES string of the molecule is COc1ccc(-n2c(C)c(C)c(C#N)c2NC(=O)CSc2nnc(C)n2Cc2ccccc2)cc1. The van der Waals surface area contributed by atoms with Crippen LogP contribution in [0.3, 0.4) is 0 Å². The highest BCUT2D eigenvalue weighted by Gasteiger charge is 2.21. The molecule has 0 atom stereocenters. The first-order valence-corrected chi connectivity index (χ1v) is 12.0. The lowest BCUT2D eigenvalue weighted by Gasteiger charge is -2.14. The van der Waals surface area contributed by atoms with Crippen LogP contribution >= 0.6 is 11.8 Å². The average molecular weight is 487 g/mol. The molecule has 0 aliphatic carbocycles. The Labute approximate surface area is 208 Å². The number of benzene rings is 2. The summed E-state index contributed by atoms with van der Waals surface area (Å²) in [5, 5.41) is 21.9. The number of nitrogens with one attached hydrogen (secondary N) is 1. The molecule has 0 bridgehead atoms. The summed E-state index contributed by atoms with van der Waals surface area (Å²) in [5.74, 6) is 1.87. The molecule has 2 heterocycles. The Morgan fingerprint density at radius 1 is 1.09 bits per heavy atom. The molecule has 35 heavy (non-hydrogen) atoms. The number of rotatable bonds is 8. The first-order chi connectivity index (χ1) is 16.9. The number of thioether (sulfide) groups is 1. The van der Waals surface area contributed by atoms with Gasteiger partial charge in [-0.2, -0.15) is 5.26 Å². The van der Waals surface area contributed by atoms with Crippen molar-refractivity contribution in [1.82, 2.24) is 19.3 Å². The number of aromatic nitrogens is 4. The smallest absolute Gasteiger partial charge is 0.236 e. The van der Waals surface area contributed by atoms with E-state index < -0.39 is 0 Å². The average Bonchev–Trinajstić information content (AvgIpc) is 3.34. The molecule has 0 unspecified atom stereocenters. The van der Waals surface area contributed by atoms with Crippen molar-refractivity contribution in [3.63, 3.8) is 0 Å². The van der Waals surface area contributed by atoms with Gasteiger partial charge in [0.05, 0.1) is 25.0 Å². The number of carbonyl (C=O) groups excluding carboxylic acids is 1. The number of nitriles is 1. The van der Waals surface area contributed by atoms with Gasteiger partial charge in [-0.25, -0.2) is 0 Å². The Balaban J connectivity index is 1.54. The highest BCUT2D eigenvalue weighted by Crippen LogP contribution is 2.31. The highest BCUT2D eigenvalue weighted by atomic mass is 32.2. The number of carbonyl (C=O) groups is 1. The predicted octanol–water partition coefficient (Wildman–Crippen LogP) is 4.65. The minimum Gasteiger partial charge on any atom is -0.497 e. The summed E-state index contributed by atoms with van der Waals surface area (Å²) in [5.41, 5.74) is 4.11. The van der Waals surface area contributed by atoms with Crippen LogP contribution in [-0.2, 0) is 11.3 Å². The molecule has 2 aromatic heterocycles. The van der Waals surface area contributed by atoms with E-state index in [2.05, 4.69) is 21.6 Å². The van der Waals surface area contributed by atoms with Crippen LogP contribution in [0.1, 0.15) is 28.2 Å². The van der Waals surface area contributed by atoms with Gasteiger partial charge in [-0.15, -0.1) is 10.2 Å². The van der Waals surface area contributed by atoms with Crippen molar-refractivity contribution in [3.05, 3.63) is 82.8 Å². The molecule has 9 heteroatoms. The molecule has 4 aromatic rings. The summed E-state index contributed by atoms with van der Waals surface area (Å²) in [7, 11) is 1.61. The fourth-order valence-corrected chi connectivity index (χ4v) is 4.61. The molecule has 2 aromatic carbocycles. The van der Waals surface area contributed by atoms with Gasteiger partial charge in [-0.05, 0) is 56.2 Å². The summed E-state index contributed by atoms with van der Waals surface area (Å²) in [4.78, 5) is 13.0. The van der Waals surface area contributed by atoms with Gasteiger partial charge in [0.15, 0.2) is 5.16 Å². The molecular formula is C26H26N6O2S. The van der Waals surface area contributed by atoms with Gasteiger partial charge in [0, 0.05) is 11.4 Å². The van der Waals surface area contributed by atoms with Gasteiger partial charge in [0.1, 0.15) is 23.5 Å². The third-order valence-corrected chi connectivity index (χ3v) is 6.80.